The molecule has 7 nitrogen and oxygen atoms in total. The molecule has 1 spiro atoms. The normalized spacial score (nSPS) is 31.5. The summed E-state index contributed by atoms with van der Waals surface area (Å²) in [5, 5.41) is 13.3. The highest BCUT2D eigenvalue weighted by Crippen LogP contribution is 2.42. The van der Waals surface area contributed by atoms with Crippen molar-refractivity contribution in [1.29, 1.82) is 0 Å². The zero-order valence-corrected chi connectivity index (χ0v) is 21.7. The Bertz CT molecular complexity index is 938. The number of carbonyl (C=O) groups excluding carboxylic acids is 2. The van der Waals surface area contributed by atoms with Crippen LogP contribution in [0.15, 0.2) is 18.2 Å². The Morgan fingerprint density at radius 1 is 1.19 bits per heavy atom. The van der Waals surface area contributed by atoms with Crippen LogP contribution in [0, 0.1) is 17.7 Å². The fourth-order valence-electron chi connectivity index (χ4n) is 6.16. The number of esters is 1. The Balaban J connectivity index is 1.46. The molecule has 1 aromatic carbocycles. The minimum Gasteiger partial charge on any atom is -0.505 e. The lowest BCUT2D eigenvalue weighted by molar-refractivity contribution is -0.169. The molecule has 1 amide bonds. The van der Waals surface area contributed by atoms with E-state index in [4.69, 9.17) is 14.2 Å². The van der Waals surface area contributed by atoms with Crippen LogP contribution >= 0.6 is 0 Å². The zero-order chi connectivity index (χ0) is 25.9. The largest absolute Gasteiger partial charge is 0.505 e. The average Bonchev–Trinajstić information content (AvgIpc) is 2.98. The number of rotatable bonds is 5. The van der Waals surface area contributed by atoms with E-state index in [9.17, 15) is 19.1 Å². The van der Waals surface area contributed by atoms with Gasteiger partial charge in [0.1, 0.15) is 12.2 Å². The zero-order valence-electron chi connectivity index (χ0n) is 21.7. The van der Waals surface area contributed by atoms with Crippen molar-refractivity contribution >= 4 is 11.9 Å². The molecule has 4 rings (SSSR count). The first-order valence-corrected chi connectivity index (χ1v) is 13.3. The quantitative estimate of drug-likeness (QED) is 0.568. The topological polar surface area (TPSA) is 94.1 Å². The second kappa shape index (κ2) is 11.1. The Labute approximate surface area is 213 Å². The molecule has 2 aliphatic carbocycles. The van der Waals surface area contributed by atoms with Gasteiger partial charge in [-0.3, -0.25) is 9.59 Å². The number of morpholine rings is 1. The first kappa shape index (κ1) is 26.9. The van der Waals surface area contributed by atoms with Gasteiger partial charge in [0.2, 0.25) is 5.91 Å². The summed E-state index contributed by atoms with van der Waals surface area (Å²) in [5.74, 6) is -1.82. The van der Waals surface area contributed by atoms with Crippen LogP contribution in [0.3, 0.4) is 0 Å². The van der Waals surface area contributed by atoms with Gasteiger partial charge in [-0.05, 0) is 71.3 Å². The van der Waals surface area contributed by atoms with Crippen LogP contribution in [0.2, 0.25) is 0 Å². The maximum atomic E-state index is 13.8. The number of phenols is 1. The molecule has 1 aliphatic heterocycles. The fraction of sp³-hybridized carbons (Fsp3) is 0.714. The van der Waals surface area contributed by atoms with E-state index in [1.807, 2.05) is 20.8 Å². The number of hydrogen-bond donors (Lipinski definition) is 2. The van der Waals surface area contributed by atoms with E-state index in [1.54, 1.807) is 12.1 Å². The van der Waals surface area contributed by atoms with E-state index < -0.39 is 22.9 Å². The van der Waals surface area contributed by atoms with Crippen LogP contribution in [0.5, 0.6) is 5.75 Å². The van der Waals surface area contributed by atoms with Crippen LogP contribution in [-0.2, 0) is 23.8 Å². The number of benzene rings is 1. The number of amides is 1. The average molecular weight is 506 g/mol. The summed E-state index contributed by atoms with van der Waals surface area (Å²) in [4.78, 5) is 25.7. The smallest absolute Gasteiger partial charge is 0.309 e. The second-order valence-electron chi connectivity index (χ2n) is 11.7. The SMILES string of the molecule is CC(C)(C)OC(=O)C1CCCCC2(COCC(=O)N2)C1CO[C@H]1CC[C@@H](c2cccc(F)c2O)CC1. The molecule has 1 aromatic rings. The molecule has 1 heterocycles. The molecule has 1 saturated heterocycles. The number of hydrogen-bond acceptors (Lipinski definition) is 6. The van der Waals surface area contributed by atoms with E-state index >= 15 is 0 Å². The highest BCUT2D eigenvalue weighted by atomic mass is 19.1. The van der Waals surface area contributed by atoms with Gasteiger partial charge in [0.15, 0.2) is 11.6 Å². The predicted molar refractivity (Wildman–Crippen MR) is 132 cm³/mol. The minimum atomic E-state index is -0.655. The Kier molecular flexibility index (Phi) is 8.25. The van der Waals surface area contributed by atoms with Crippen molar-refractivity contribution in [2.75, 3.05) is 19.8 Å². The third-order valence-corrected chi connectivity index (χ3v) is 7.92. The van der Waals surface area contributed by atoms with Crippen LogP contribution < -0.4 is 5.32 Å². The summed E-state index contributed by atoms with van der Waals surface area (Å²) >= 11 is 0. The minimum absolute atomic E-state index is 0.00301. The van der Waals surface area contributed by atoms with Crippen molar-refractivity contribution in [2.45, 2.75) is 95.3 Å². The van der Waals surface area contributed by atoms with Crippen LogP contribution in [0.4, 0.5) is 4.39 Å². The third kappa shape index (κ3) is 6.20. The summed E-state index contributed by atoms with van der Waals surface area (Å²) in [7, 11) is 0. The molecule has 3 unspecified atom stereocenters. The van der Waals surface area contributed by atoms with Crippen LogP contribution in [-0.4, -0.2) is 54.0 Å². The summed E-state index contributed by atoms with van der Waals surface area (Å²) in [6.07, 6.45) is 6.31. The number of phenolic OH excluding ortho intramolecular Hbond substituents is 1. The molecule has 36 heavy (non-hydrogen) atoms. The summed E-state index contributed by atoms with van der Waals surface area (Å²) in [6, 6.07) is 4.69. The Morgan fingerprint density at radius 2 is 1.94 bits per heavy atom. The van der Waals surface area contributed by atoms with Crippen LogP contribution in [0.1, 0.15) is 83.6 Å². The molecular weight excluding hydrogens is 465 g/mol. The molecule has 0 bridgehead atoms. The number of ether oxygens (including phenoxy) is 3. The van der Waals surface area contributed by atoms with Gasteiger partial charge in [-0.25, -0.2) is 4.39 Å². The monoisotopic (exact) mass is 505 g/mol. The van der Waals surface area contributed by atoms with Crippen LogP contribution in [0.25, 0.3) is 0 Å². The lowest BCUT2D eigenvalue weighted by Gasteiger charge is -2.45. The predicted octanol–water partition coefficient (Wildman–Crippen LogP) is 4.61. The molecule has 3 aliphatic rings. The van der Waals surface area contributed by atoms with Crippen molar-refractivity contribution in [1.82, 2.24) is 5.32 Å². The maximum absolute atomic E-state index is 13.8. The van der Waals surface area contributed by atoms with Gasteiger partial charge in [0.25, 0.3) is 0 Å². The van der Waals surface area contributed by atoms with E-state index in [1.165, 1.54) is 6.07 Å². The first-order valence-electron chi connectivity index (χ1n) is 13.3. The van der Waals surface area contributed by atoms with E-state index in [0.717, 1.165) is 44.9 Å². The summed E-state index contributed by atoms with van der Waals surface area (Å²) in [5.41, 5.74) is -0.601. The standard InChI is InChI=1S/C28H40FNO6/c1-27(2,3)36-26(33)21-7-4-5-14-28(17-34-16-24(31)30-28)22(21)15-35-19-12-10-18(11-13-19)20-8-6-9-23(29)25(20)32/h6,8-9,18-19,21-22,32H,4-5,7,10-17H2,1-3H3,(H,30,31)/t18-,19+,21?,22?,28?. The van der Waals surface area contributed by atoms with Gasteiger partial charge in [0, 0.05) is 11.5 Å². The molecule has 0 radical (unpaired) electrons. The number of halogens is 1. The fourth-order valence-corrected chi connectivity index (χ4v) is 6.16. The van der Waals surface area contributed by atoms with E-state index in [-0.39, 0.29) is 42.2 Å². The molecule has 2 N–H and O–H groups in total. The number of para-hydroxylation sites is 1. The van der Waals surface area contributed by atoms with E-state index in [2.05, 4.69) is 5.32 Å². The van der Waals surface area contributed by atoms with Gasteiger partial charge in [0.05, 0.1) is 30.8 Å². The van der Waals surface area contributed by atoms with E-state index in [0.29, 0.717) is 25.2 Å². The summed E-state index contributed by atoms with van der Waals surface area (Å²) < 4.78 is 31.8. The van der Waals surface area contributed by atoms with Crippen molar-refractivity contribution in [3.8, 4) is 5.75 Å². The van der Waals surface area contributed by atoms with Gasteiger partial charge >= 0.3 is 5.97 Å². The lowest BCUT2D eigenvalue weighted by Crippen LogP contribution is -2.64. The molecular formula is C28H40FNO6. The highest BCUT2D eigenvalue weighted by molar-refractivity contribution is 5.79. The third-order valence-electron chi connectivity index (χ3n) is 7.92. The van der Waals surface area contributed by atoms with Crippen molar-refractivity contribution in [2.24, 2.45) is 11.8 Å². The molecule has 3 atom stereocenters. The highest BCUT2D eigenvalue weighted by Gasteiger charge is 2.50. The first-order chi connectivity index (χ1) is 17.1. The van der Waals surface area contributed by atoms with Gasteiger partial charge in [-0.15, -0.1) is 0 Å². The maximum Gasteiger partial charge on any atom is 0.309 e. The Morgan fingerprint density at radius 3 is 2.64 bits per heavy atom. The van der Waals surface area contributed by atoms with Gasteiger partial charge in [-0.1, -0.05) is 25.0 Å². The van der Waals surface area contributed by atoms with Gasteiger partial charge < -0.3 is 24.6 Å². The molecule has 200 valence electrons. The molecule has 3 fully saturated rings. The summed E-state index contributed by atoms with van der Waals surface area (Å²) in [6.45, 7) is 6.31. The lowest BCUT2D eigenvalue weighted by atomic mass is 9.74. The Hall–Kier alpha value is -2.19. The van der Waals surface area contributed by atoms with Crippen molar-refractivity contribution in [3.05, 3.63) is 29.6 Å². The van der Waals surface area contributed by atoms with Crippen molar-refractivity contribution < 1.29 is 33.3 Å². The molecule has 8 heteroatoms. The molecule has 0 aromatic heterocycles. The number of nitrogens with one attached hydrogen (secondary N) is 1. The number of carbonyl (C=O) groups is 2. The second-order valence-corrected chi connectivity index (χ2v) is 11.7. The van der Waals surface area contributed by atoms with Crippen molar-refractivity contribution in [3.63, 3.8) is 0 Å². The number of aromatic hydroxyl groups is 1. The molecule has 2 saturated carbocycles. The van der Waals surface area contributed by atoms with Gasteiger partial charge in [-0.2, -0.15) is 0 Å².